The second kappa shape index (κ2) is 4.63. The Morgan fingerprint density at radius 2 is 2.18 bits per heavy atom. The molecule has 0 aliphatic carbocycles. The fraction of sp³-hybridized carbons (Fsp3) is 0.250. The standard InChI is InChI=1S/C12H13F2N3/c1-2-7-4-3-5-8-6-9(17-15)11(12(13)14)16-10(7)8/h3-6,12,17H,2,15H2,1H3. The van der Waals surface area contributed by atoms with Crippen LogP contribution < -0.4 is 11.3 Å². The Morgan fingerprint density at radius 1 is 1.41 bits per heavy atom. The van der Waals surface area contributed by atoms with Crippen molar-refractivity contribution in [2.24, 2.45) is 5.84 Å². The third-order valence-corrected chi connectivity index (χ3v) is 2.70. The molecule has 2 aromatic rings. The minimum Gasteiger partial charge on any atom is -0.322 e. The number of aryl methyl sites for hydroxylation is 1. The first-order valence-electron chi connectivity index (χ1n) is 5.34. The van der Waals surface area contributed by atoms with Crippen molar-refractivity contribution in [1.82, 2.24) is 4.98 Å². The number of anilines is 1. The molecule has 5 heteroatoms. The van der Waals surface area contributed by atoms with E-state index in [0.29, 0.717) is 5.52 Å². The number of nitrogens with two attached hydrogens (primary N) is 1. The zero-order valence-corrected chi connectivity index (χ0v) is 9.37. The molecule has 0 aliphatic heterocycles. The molecule has 0 unspecified atom stereocenters. The van der Waals surface area contributed by atoms with Crippen molar-refractivity contribution in [3.8, 4) is 0 Å². The zero-order chi connectivity index (χ0) is 12.4. The van der Waals surface area contributed by atoms with Crippen LogP contribution in [0.15, 0.2) is 24.3 Å². The van der Waals surface area contributed by atoms with Crippen molar-refractivity contribution in [2.75, 3.05) is 5.43 Å². The van der Waals surface area contributed by atoms with Gasteiger partial charge < -0.3 is 5.43 Å². The normalized spacial score (nSPS) is 11.1. The number of hydrogen-bond donors (Lipinski definition) is 2. The molecule has 0 atom stereocenters. The summed E-state index contributed by atoms with van der Waals surface area (Å²) in [7, 11) is 0. The molecule has 0 saturated heterocycles. The van der Waals surface area contributed by atoms with Crippen LogP contribution in [-0.4, -0.2) is 4.98 Å². The number of pyridine rings is 1. The quantitative estimate of drug-likeness (QED) is 0.637. The molecule has 3 nitrogen and oxygen atoms in total. The molecule has 1 aromatic heterocycles. The fourth-order valence-electron chi connectivity index (χ4n) is 1.84. The number of aromatic nitrogens is 1. The maximum absolute atomic E-state index is 12.8. The monoisotopic (exact) mass is 237 g/mol. The number of benzene rings is 1. The molecule has 90 valence electrons. The number of hydrazine groups is 1. The molecule has 0 fully saturated rings. The van der Waals surface area contributed by atoms with Crippen molar-refractivity contribution in [3.63, 3.8) is 0 Å². The lowest BCUT2D eigenvalue weighted by Crippen LogP contribution is -2.11. The first-order chi connectivity index (χ1) is 8.17. The van der Waals surface area contributed by atoms with Gasteiger partial charge in [-0.1, -0.05) is 25.1 Å². The van der Waals surface area contributed by atoms with Crippen LogP contribution >= 0.6 is 0 Å². The van der Waals surface area contributed by atoms with Crippen LogP contribution in [0.1, 0.15) is 24.6 Å². The van der Waals surface area contributed by atoms with E-state index in [0.717, 1.165) is 17.4 Å². The molecule has 0 saturated carbocycles. The average Bonchev–Trinajstić information content (AvgIpc) is 2.36. The van der Waals surface area contributed by atoms with Gasteiger partial charge in [0, 0.05) is 5.39 Å². The van der Waals surface area contributed by atoms with Crippen molar-refractivity contribution >= 4 is 16.6 Å². The summed E-state index contributed by atoms with van der Waals surface area (Å²) in [5.74, 6) is 5.23. The molecule has 0 radical (unpaired) electrons. The fourth-order valence-corrected chi connectivity index (χ4v) is 1.84. The van der Waals surface area contributed by atoms with E-state index in [1.54, 1.807) is 6.07 Å². The molecular formula is C12H13F2N3. The smallest absolute Gasteiger partial charge is 0.282 e. The van der Waals surface area contributed by atoms with Gasteiger partial charge in [0.25, 0.3) is 6.43 Å². The van der Waals surface area contributed by atoms with Crippen molar-refractivity contribution in [3.05, 3.63) is 35.5 Å². The third kappa shape index (κ3) is 2.06. The second-order valence-corrected chi connectivity index (χ2v) is 3.71. The van der Waals surface area contributed by atoms with Crippen LogP contribution in [0.2, 0.25) is 0 Å². The van der Waals surface area contributed by atoms with E-state index < -0.39 is 6.43 Å². The van der Waals surface area contributed by atoms with Crippen LogP contribution in [0.3, 0.4) is 0 Å². The molecule has 17 heavy (non-hydrogen) atoms. The molecule has 0 bridgehead atoms. The summed E-state index contributed by atoms with van der Waals surface area (Å²) in [4.78, 5) is 4.02. The minimum absolute atomic E-state index is 0.167. The van der Waals surface area contributed by atoms with Crippen LogP contribution in [0, 0.1) is 0 Å². The molecule has 2 rings (SSSR count). The predicted molar refractivity (Wildman–Crippen MR) is 63.9 cm³/mol. The summed E-state index contributed by atoms with van der Waals surface area (Å²) in [6.45, 7) is 1.97. The Hall–Kier alpha value is -1.75. The lowest BCUT2D eigenvalue weighted by atomic mass is 10.1. The SMILES string of the molecule is CCc1cccc2cc(NN)c(C(F)F)nc12. The Morgan fingerprint density at radius 3 is 2.76 bits per heavy atom. The van der Waals surface area contributed by atoms with Crippen LogP contribution in [-0.2, 0) is 6.42 Å². The van der Waals surface area contributed by atoms with Crippen molar-refractivity contribution in [2.45, 2.75) is 19.8 Å². The largest absolute Gasteiger partial charge is 0.322 e. The van der Waals surface area contributed by atoms with Gasteiger partial charge in [-0.05, 0) is 18.1 Å². The van der Waals surface area contributed by atoms with E-state index in [4.69, 9.17) is 5.84 Å². The van der Waals surface area contributed by atoms with Crippen LogP contribution in [0.25, 0.3) is 10.9 Å². The second-order valence-electron chi connectivity index (χ2n) is 3.71. The molecule has 3 N–H and O–H groups in total. The summed E-state index contributed by atoms with van der Waals surface area (Å²) in [5.41, 5.74) is 3.69. The highest BCUT2D eigenvalue weighted by molar-refractivity contribution is 5.85. The lowest BCUT2D eigenvalue weighted by molar-refractivity contribution is 0.147. The number of rotatable bonds is 3. The molecule has 1 aromatic carbocycles. The van der Waals surface area contributed by atoms with E-state index in [1.165, 1.54) is 0 Å². The van der Waals surface area contributed by atoms with Crippen LogP contribution in [0.5, 0.6) is 0 Å². The number of nitrogens with one attached hydrogen (secondary N) is 1. The Labute approximate surface area is 97.6 Å². The van der Waals surface area contributed by atoms with Gasteiger partial charge in [-0.15, -0.1) is 0 Å². The number of nitrogen functional groups attached to an aromatic ring is 1. The van der Waals surface area contributed by atoms with Gasteiger partial charge in [0.15, 0.2) is 0 Å². The van der Waals surface area contributed by atoms with E-state index >= 15 is 0 Å². The third-order valence-electron chi connectivity index (χ3n) is 2.70. The number of halogens is 2. The molecule has 0 amide bonds. The van der Waals surface area contributed by atoms with Gasteiger partial charge >= 0.3 is 0 Å². The van der Waals surface area contributed by atoms with Gasteiger partial charge in [0.1, 0.15) is 5.69 Å². The van der Waals surface area contributed by atoms with Gasteiger partial charge in [-0.2, -0.15) is 0 Å². The first-order valence-corrected chi connectivity index (χ1v) is 5.34. The van der Waals surface area contributed by atoms with Gasteiger partial charge in [-0.25, -0.2) is 13.8 Å². The van der Waals surface area contributed by atoms with Gasteiger partial charge in [-0.3, -0.25) is 5.84 Å². The van der Waals surface area contributed by atoms with Gasteiger partial charge in [0.2, 0.25) is 0 Å². The van der Waals surface area contributed by atoms with Crippen molar-refractivity contribution in [1.29, 1.82) is 0 Å². The minimum atomic E-state index is -2.64. The molecule has 1 heterocycles. The zero-order valence-electron chi connectivity index (χ0n) is 9.37. The van der Waals surface area contributed by atoms with E-state index in [1.807, 2.05) is 25.1 Å². The molecule has 0 spiro atoms. The molecular weight excluding hydrogens is 224 g/mol. The Balaban J connectivity index is 2.74. The van der Waals surface area contributed by atoms with E-state index in [2.05, 4.69) is 10.4 Å². The van der Waals surface area contributed by atoms with Crippen molar-refractivity contribution < 1.29 is 8.78 Å². The van der Waals surface area contributed by atoms with E-state index in [9.17, 15) is 8.78 Å². The number of alkyl halides is 2. The number of nitrogens with zero attached hydrogens (tertiary/aromatic N) is 1. The highest BCUT2D eigenvalue weighted by Crippen LogP contribution is 2.29. The number of hydrogen-bond acceptors (Lipinski definition) is 3. The summed E-state index contributed by atoms with van der Waals surface area (Å²) in [6, 6.07) is 7.20. The topological polar surface area (TPSA) is 50.9 Å². The summed E-state index contributed by atoms with van der Waals surface area (Å²) >= 11 is 0. The summed E-state index contributed by atoms with van der Waals surface area (Å²) in [5, 5.41) is 0.807. The first kappa shape index (κ1) is 11.7. The van der Waals surface area contributed by atoms with Gasteiger partial charge in [0.05, 0.1) is 11.2 Å². The number of fused-ring (bicyclic) bond motifs is 1. The maximum atomic E-state index is 12.8. The lowest BCUT2D eigenvalue weighted by Gasteiger charge is -2.11. The maximum Gasteiger partial charge on any atom is 0.282 e. The van der Waals surface area contributed by atoms with Crippen LogP contribution in [0.4, 0.5) is 14.5 Å². The highest BCUT2D eigenvalue weighted by Gasteiger charge is 2.16. The number of para-hydroxylation sites is 1. The Bertz CT molecular complexity index is 541. The molecule has 0 aliphatic rings. The van der Waals surface area contributed by atoms with E-state index in [-0.39, 0.29) is 11.4 Å². The average molecular weight is 237 g/mol. The predicted octanol–water partition coefficient (Wildman–Crippen LogP) is 3.02. The Kier molecular flexibility index (Phi) is 3.19. The highest BCUT2D eigenvalue weighted by atomic mass is 19.3. The summed E-state index contributed by atoms with van der Waals surface area (Å²) < 4.78 is 25.6. The summed E-state index contributed by atoms with van der Waals surface area (Å²) in [6.07, 6.45) is -1.89.